The van der Waals surface area contributed by atoms with E-state index < -0.39 is 0 Å². The van der Waals surface area contributed by atoms with E-state index in [4.69, 9.17) is 0 Å². The van der Waals surface area contributed by atoms with Crippen molar-refractivity contribution in [2.24, 2.45) is 5.92 Å². The van der Waals surface area contributed by atoms with Crippen molar-refractivity contribution in [2.75, 3.05) is 0 Å². The molecule has 0 aromatic heterocycles. The van der Waals surface area contributed by atoms with Crippen molar-refractivity contribution in [3.63, 3.8) is 0 Å². The normalized spacial score (nSPS) is 23.8. The molecule has 0 spiro atoms. The van der Waals surface area contributed by atoms with Crippen molar-refractivity contribution >= 4 is 6.29 Å². The van der Waals surface area contributed by atoms with Gasteiger partial charge in [0, 0.05) is 38.8 Å². The van der Waals surface area contributed by atoms with Crippen molar-refractivity contribution in [2.45, 2.75) is 31.6 Å². The summed E-state index contributed by atoms with van der Waals surface area (Å²) >= 11 is 0. The van der Waals surface area contributed by atoms with Crippen LogP contribution < -0.4 is 0 Å². The zero-order valence-electron chi connectivity index (χ0n) is 9.60. The van der Waals surface area contributed by atoms with E-state index in [0.29, 0.717) is 0 Å². The Morgan fingerprint density at radius 2 is 2.00 bits per heavy atom. The number of hydrogen-bond donors (Lipinski definition) is 2. The first kappa shape index (κ1) is 14.7. The minimum Gasteiger partial charge on any atom is -0.542 e. The van der Waals surface area contributed by atoms with E-state index >= 15 is 0 Å². The van der Waals surface area contributed by atoms with Crippen LogP contribution >= 0.6 is 0 Å². The van der Waals surface area contributed by atoms with Crippen molar-refractivity contribution in [3.05, 3.63) is 23.8 Å². The van der Waals surface area contributed by atoms with Crippen LogP contribution in [0, 0.1) is 5.92 Å². The Morgan fingerprint density at radius 1 is 1.24 bits per heavy atom. The molecule has 0 aliphatic heterocycles. The third-order valence-electron chi connectivity index (χ3n) is 3.29. The minimum absolute atomic E-state index is 0. The van der Waals surface area contributed by atoms with Crippen LogP contribution in [0.2, 0.25) is 0 Å². The molecule has 17 heavy (non-hydrogen) atoms. The molecule has 2 unspecified atom stereocenters. The summed E-state index contributed by atoms with van der Waals surface area (Å²) < 4.78 is 0. The molecule has 1 radical (unpaired) electrons. The Kier molecular flexibility index (Phi) is 5.61. The predicted octanol–water partition coefficient (Wildman–Crippen LogP) is 2.48. The van der Waals surface area contributed by atoms with Gasteiger partial charge in [0.1, 0.15) is 11.5 Å². The minimum atomic E-state index is -0.00745. The Bertz CT molecular complexity index is 392. The summed E-state index contributed by atoms with van der Waals surface area (Å²) in [6.45, 7) is 0. The summed E-state index contributed by atoms with van der Waals surface area (Å²) in [6.07, 6.45) is 5.68. The molecule has 1 aromatic carbocycles. The summed E-state index contributed by atoms with van der Waals surface area (Å²) in [7, 11) is 0. The van der Waals surface area contributed by atoms with Crippen LogP contribution in [-0.2, 0) is 37.5 Å². The second kappa shape index (κ2) is 6.51. The van der Waals surface area contributed by atoms with Gasteiger partial charge >= 0.3 is 0 Å². The fraction of sp³-hybridized carbons (Fsp3) is 0.462. The molecule has 1 aliphatic rings. The molecule has 2 rings (SSSR count). The van der Waals surface area contributed by atoms with Crippen LogP contribution in [0.3, 0.4) is 0 Å². The molecule has 2 N–H and O–H groups in total. The summed E-state index contributed by atoms with van der Waals surface area (Å²) in [4.78, 5) is 10.6. The van der Waals surface area contributed by atoms with Crippen LogP contribution in [0.5, 0.6) is 11.5 Å². The van der Waals surface area contributed by atoms with Gasteiger partial charge in [-0.1, -0.05) is 25.3 Å². The number of carbonyl (C=O) groups excluding carboxylic acids is 1. The van der Waals surface area contributed by atoms with Gasteiger partial charge in [0.25, 0.3) is 0 Å². The fourth-order valence-corrected chi connectivity index (χ4v) is 2.46. The maximum atomic E-state index is 10.6. The third kappa shape index (κ3) is 3.52. The third-order valence-corrected chi connectivity index (χ3v) is 3.29. The number of phenols is 2. The quantitative estimate of drug-likeness (QED) is 0.825. The number of aromatic hydroxyl groups is 2. The van der Waals surface area contributed by atoms with E-state index in [1.165, 1.54) is 6.07 Å². The second-order valence-corrected chi connectivity index (χ2v) is 4.42. The maximum absolute atomic E-state index is 10.6. The van der Waals surface area contributed by atoms with E-state index in [1.54, 1.807) is 12.1 Å². The zero-order chi connectivity index (χ0) is 11.5. The molecule has 0 saturated heterocycles. The first-order chi connectivity index (χ1) is 7.70. The van der Waals surface area contributed by atoms with Crippen LogP contribution in [0.15, 0.2) is 18.2 Å². The van der Waals surface area contributed by atoms with Crippen LogP contribution in [0.25, 0.3) is 0 Å². The van der Waals surface area contributed by atoms with Gasteiger partial charge in [-0.15, -0.1) is 5.92 Å². The van der Waals surface area contributed by atoms with Gasteiger partial charge in [-0.2, -0.15) is 0 Å². The summed E-state index contributed by atoms with van der Waals surface area (Å²) in [5.41, 5.74) is 0.831. The fourth-order valence-electron chi connectivity index (χ4n) is 2.46. The number of phenolic OH excluding ortho intramolecular Hbond substituents is 2. The Morgan fingerprint density at radius 3 is 2.65 bits per heavy atom. The average Bonchev–Trinajstić information content (AvgIpc) is 2.29. The number of hydrogen-bond acceptors (Lipinski definition) is 3. The molecule has 4 heteroatoms. The molecule has 0 amide bonds. The molecular formula is C13H15O3Y-. The van der Waals surface area contributed by atoms with Crippen molar-refractivity contribution in [1.82, 2.24) is 0 Å². The molecule has 0 heterocycles. The predicted molar refractivity (Wildman–Crippen MR) is 60.2 cm³/mol. The van der Waals surface area contributed by atoms with E-state index in [9.17, 15) is 15.0 Å². The Hall–Kier alpha value is -0.406. The molecule has 0 bridgehead atoms. The number of rotatable bonds is 2. The van der Waals surface area contributed by atoms with Gasteiger partial charge in [0.2, 0.25) is 0 Å². The molecule has 89 valence electrons. The number of benzene rings is 1. The average molecular weight is 308 g/mol. The van der Waals surface area contributed by atoms with Gasteiger partial charge in [0.15, 0.2) is 0 Å². The summed E-state index contributed by atoms with van der Waals surface area (Å²) in [5, 5.41) is 19.0. The maximum Gasteiger partial charge on any atom is 0.122 e. The summed E-state index contributed by atoms with van der Waals surface area (Å²) in [5.74, 6) is 0.389. The molecule has 1 aromatic rings. The second-order valence-electron chi connectivity index (χ2n) is 4.42. The molecule has 1 aliphatic carbocycles. The topological polar surface area (TPSA) is 57.5 Å². The summed E-state index contributed by atoms with van der Waals surface area (Å²) in [6, 6.07) is 4.66. The van der Waals surface area contributed by atoms with E-state index in [0.717, 1.165) is 31.2 Å². The van der Waals surface area contributed by atoms with Crippen molar-refractivity contribution in [3.8, 4) is 11.5 Å². The zero-order valence-corrected chi connectivity index (χ0v) is 12.4. The molecule has 2 atom stereocenters. The van der Waals surface area contributed by atoms with Crippen LogP contribution in [0.1, 0.15) is 37.2 Å². The van der Waals surface area contributed by atoms with E-state index in [-0.39, 0.29) is 56.0 Å². The molecular weight excluding hydrogens is 293 g/mol. The smallest absolute Gasteiger partial charge is 0.122 e. The first-order valence-corrected chi connectivity index (χ1v) is 5.60. The molecule has 1 fully saturated rings. The molecule has 1 saturated carbocycles. The van der Waals surface area contributed by atoms with Gasteiger partial charge < -0.3 is 15.0 Å². The standard InChI is InChI=1S/C13H15O3.Y/c14-8-9-2-1-3-10(6-9)12-5-4-11(15)7-13(12)16;/h4-5,7,9-10,15-16H,1-3,6H2;/q-1;. The SMILES string of the molecule is O=[C-]C1CCCC(c2ccc(O)cc2O)C1.[Y]. The Balaban J connectivity index is 0.00000144. The van der Waals surface area contributed by atoms with E-state index in [2.05, 4.69) is 6.29 Å². The van der Waals surface area contributed by atoms with Gasteiger partial charge in [-0.25, -0.2) is 0 Å². The van der Waals surface area contributed by atoms with Gasteiger partial charge in [-0.05, 0) is 24.0 Å². The van der Waals surface area contributed by atoms with Crippen molar-refractivity contribution < 1.29 is 47.7 Å². The van der Waals surface area contributed by atoms with Crippen LogP contribution in [0.4, 0.5) is 0 Å². The van der Waals surface area contributed by atoms with Gasteiger partial charge in [-0.3, -0.25) is 6.29 Å². The first-order valence-electron chi connectivity index (χ1n) is 5.60. The van der Waals surface area contributed by atoms with Gasteiger partial charge in [0.05, 0.1) is 0 Å². The molecule has 3 nitrogen and oxygen atoms in total. The Labute approximate surface area is 126 Å². The van der Waals surface area contributed by atoms with E-state index in [1.807, 2.05) is 0 Å². The van der Waals surface area contributed by atoms with Crippen LogP contribution in [-0.4, -0.2) is 16.5 Å². The monoisotopic (exact) mass is 308 g/mol. The van der Waals surface area contributed by atoms with Crippen molar-refractivity contribution in [1.29, 1.82) is 0 Å². The largest absolute Gasteiger partial charge is 0.542 e.